The Balaban J connectivity index is 1.81. The van der Waals surface area contributed by atoms with Crippen molar-refractivity contribution in [2.24, 2.45) is 4.99 Å². The van der Waals surface area contributed by atoms with Crippen molar-refractivity contribution >= 4 is 17.9 Å². The van der Waals surface area contributed by atoms with E-state index in [4.69, 9.17) is 9.47 Å². The Morgan fingerprint density at radius 2 is 2.00 bits per heavy atom. The molecule has 6 heteroatoms. The van der Waals surface area contributed by atoms with Gasteiger partial charge in [0.15, 0.2) is 11.5 Å². The lowest BCUT2D eigenvalue weighted by Crippen LogP contribution is -2.33. The van der Waals surface area contributed by atoms with Crippen molar-refractivity contribution < 1.29 is 14.3 Å². The highest BCUT2D eigenvalue weighted by atomic mass is 16.7. The van der Waals surface area contributed by atoms with Gasteiger partial charge in [-0.05, 0) is 36.6 Å². The van der Waals surface area contributed by atoms with Crippen LogP contribution in [0.1, 0.15) is 45.1 Å². The number of fused-ring (bicyclic) bond motifs is 1. The fourth-order valence-electron chi connectivity index (χ4n) is 2.74. The van der Waals surface area contributed by atoms with Gasteiger partial charge in [0.25, 0.3) is 5.91 Å². The Morgan fingerprint density at radius 3 is 2.80 bits per heavy atom. The summed E-state index contributed by atoms with van der Waals surface area (Å²) in [4.78, 5) is 19.1. The number of aliphatic imine (C=N–C) groups is 1. The molecule has 2 aliphatic rings. The molecule has 0 bridgehead atoms. The van der Waals surface area contributed by atoms with Gasteiger partial charge in [-0.3, -0.25) is 14.7 Å². The fourth-order valence-corrected chi connectivity index (χ4v) is 2.74. The van der Waals surface area contributed by atoms with Crippen molar-refractivity contribution in [2.75, 3.05) is 19.9 Å². The number of nitrogens with zero attached hydrogens (tertiary/aromatic N) is 2. The zero-order valence-corrected chi connectivity index (χ0v) is 14.9. The molecule has 2 heterocycles. The minimum atomic E-state index is -0.0265. The third-order valence-electron chi connectivity index (χ3n) is 4.19. The molecule has 1 saturated heterocycles. The third kappa shape index (κ3) is 3.95. The molecule has 6 nitrogen and oxygen atoms in total. The van der Waals surface area contributed by atoms with Gasteiger partial charge in [0, 0.05) is 13.1 Å². The molecular weight excluding hydrogens is 318 g/mol. The Hall–Kier alpha value is -2.50. The summed E-state index contributed by atoms with van der Waals surface area (Å²) in [7, 11) is 0. The van der Waals surface area contributed by atoms with Crippen LogP contribution in [0.25, 0.3) is 6.08 Å². The van der Waals surface area contributed by atoms with Crippen molar-refractivity contribution in [1.29, 1.82) is 0 Å². The number of guanidine groups is 1. The molecule has 0 atom stereocenters. The smallest absolute Gasteiger partial charge is 0.277 e. The molecule has 134 valence electrons. The molecule has 1 aromatic carbocycles. The maximum absolute atomic E-state index is 12.8. The molecule has 0 spiro atoms. The van der Waals surface area contributed by atoms with Crippen LogP contribution >= 0.6 is 0 Å². The molecule has 1 aromatic rings. The molecule has 3 rings (SSSR count). The van der Waals surface area contributed by atoms with Gasteiger partial charge in [-0.25, -0.2) is 0 Å². The fraction of sp³-hybridized carbons (Fsp3) is 0.474. The number of hydrogen-bond acceptors (Lipinski definition) is 4. The summed E-state index contributed by atoms with van der Waals surface area (Å²) in [5.41, 5.74) is 1.44. The van der Waals surface area contributed by atoms with Crippen LogP contribution in [0.15, 0.2) is 28.9 Å². The molecule has 1 N–H and O–H groups in total. The summed E-state index contributed by atoms with van der Waals surface area (Å²) in [6.45, 7) is 5.90. The second kappa shape index (κ2) is 8.05. The maximum Gasteiger partial charge on any atom is 0.277 e. The van der Waals surface area contributed by atoms with E-state index in [2.05, 4.69) is 24.2 Å². The topological polar surface area (TPSA) is 63.2 Å². The van der Waals surface area contributed by atoms with Crippen molar-refractivity contribution in [2.45, 2.75) is 39.5 Å². The summed E-state index contributed by atoms with van der Waals surface area (Å²) < 4.78 is 10.7. The molecular formula is C19H25N3O3. The van der Waals surface area contributed by atoms with Gasteiger partial charge < -0.3 is 14.8 Å². The van der Waals surface area contributed by atoms with Crippen LogP contribution in [-0.2, 0) is 4.79 Å². The molecule has 0 saturated carbocycles. The SMILES string of the molecule is CCCCN=C1N/C(=C\c2ccc3c(c2)OCO3)C(=O)N1CCCC. The van der Waals surface area contributed by atoms with Gasteiger partial charge >= 0.3 is 0 Å². The highest BCUT2D eigenvalue weighted by Gasteiger charge is 2.31. The van der Waals surface area contributed by atoms with Crippen molar-refractivity contribution in [3.05, 3.63) is 29.5 Å². The molecule has 1 amide bonds. The Morgan fingerprint density at radius 1 is 1.20 bits per heavy atom. The maximum atomic E-state index is 12.8. The second-order valence-corrected chi connectivity index (χ2v) is 6.16. The zero-order chi connectivity index (χ0) is 17.6. The normalized spacial score (nSPS) is 19.1. The Kier molecular flexibility index (Phi) is 5.58. The highest BCUT2D eigenvalue weighted by Crippen LogP contribution is 2.33. The van der Waals surface area contributed by atoms with Crippen molar-refractivity contribution in [1.82, 2.24) is 10.2 Å². The molecule has 1 fully saturated rings. The summed E-state index contributed by atoms with van der Waals surface area (Å²) in [5.74, 6) is 2.08. The van der Waals surface area contributed by atoms with Crippen LogP contribution in [0.5, 0.6) is 11.5 Å². The first kappa shape index (κ1) is 17.3. The number of hydrogen-bond donors (Lipinski definition) is 1. The summed E-state index contributed by atoms with van der Waals surface area (Å²) in [6, 6.07) is 5.66. The lowest BCUT2D eigenvalue weighted by atomic mass is 10.1. The summed E-state index contributed by atoms with van der Waals surface area (Å²) >= 11 is 0. The lowest BCUT2D eigenvalue weighted by molar-refractivity contribution is -0.122. The van der Waals surface area contributed by atoms with E-state index in [-0.39, 0.29) is 12.7 Å². The van der Waals surface area contributed by atoms with Crippen LogP contribution in [0.3, 0.4) is 0 Å². The van der Waals surface area contributed by atoms with E-state index >= 15 is 0 Å². The van der Waals surface area contributed by atoms with E-state index < -0.39 is 0 Å². The van der Waals surface area contributed by atoms with Crippen LogP contribution in [-0.4, -0.2) is 36.6 Å². The number of rotatable bonds is 7. The molecule has 0 aliphatic carbocycles. The van der Waals surface area contributed by atoms with E-state index in [0.29, 0.717) is 24.0 Å². The van der Waals surface area contributed by atoms with Crippen molar-refractivity contribution in [3.63, 3.8) is 0 Å². The third-order valence-corrected chi connectivity index (χ3v) is 4.19. The minimum Gasteiger partial charge on any atom is -0.454 e. The number of unbranched alkanes of at least 4 members (excludes halogenated alkanes) is 2. The lowest BCUT2D eigenvalue weighted by Gasteiger charge is -2.14. The van der Waals surface area contributed by atoms with E-state index in [9.17, 15) is 4.79 Å². The number of ether oxygens (including phenoxy) is 2. The molecule has 0 radical (unpaired) electrons. The van der Waals surface area contributed by atoms with E-state index in [1.165, 1.54) is 0 Å². The van der Waals surface area contributed by atoms with Crippen LogP contribution in [0.4, 0.5) is 0 Å². The van der Waals surface area contributed by atoms with Crippen LogP contribution < -0.4 is 14.8 Å². The average molecular weight is 343 g/mol. The zero-order valence-electron chi connectivity index (χ0n) is 14.9. The van der Waals surface area contributed by atoms with Gasteiger partial charge in [0.2, 0.25) is 12.8 Å². The quantitative estimate of drug-likeness (QED) is 0.610. The summed E-state index contributed by atoms with van der Waals surface area (Å²) in [5, 5.41) is 3.19. The molecule has 2 aliphatic heterocycles. The average Bonchev–Trinajstić information content (AvgIpc) is 3.19. The predicted molar refractivity (Wildman–Crippen MR) is 97.5 cm³/mol. The second-order valence-electron chi connectivity index (χ2n) is 6.16. The van der Waals surface area contributed by atoms with Crippen LogP contribution in [0.2, 0.25) is 0 Å². The number of nitrogens with one attached hydrogen (secondary N) is 1. The Bertz CT molecular complexity index is 697. The molecule has 0 aromatic heterocycles. The first-order valence-electron chi connectivity index (χ1n) is 8.97. The van der Waals surface area contributed by atoms with E-state index in [0.717, 1.165) is 43.5 Å². The largest absolute Gasteiger partial charge is 0.454 e. The molecule has 25 heavy (non-hydrogen) atoms. The number of carbonyl (C=O) groups is 1. The van der Waals surface area contributed by atoms with E-state index in [1.807, 2.05) is 24.3 Å². The van der Waals surface area contributed by atoms with Gasteiger partial charge in [0.1, 0.15) is 5.70 Å². The van der Waals surface area contributed by atoms with Gasteiger partial charge in [0.05, 0.1) is 0 Å². The molecule has 0 unspecified atom stereocenters. The van der Waals surface area contributed by atoms with Gasteiger partial charge in [-0.2, -0.15) is 0 Å². The van der Waals surface area contributed by atoms with Crippen LogP contribution in [0, 0.1) is 0 Å². The number of carbonyl (C=O) groups excluding carboxylic acids is 1. The monoisotopic (exact) mass is 343 g/mol. The van der Waals surface area contributed by atoms with E-state index in [1.54, 1.807) is 4.90 Å². The Labute approximate surface area is 148 Å². The minimum absolute atomic E-state index is 0.0265. The predicted octanol–water partition coefficient (Wildman–Crippen LogP) is 3.14. The first-order valence-corrected chi connectivity index (χ1v) is 8.97. The standard InChI is InChI=1S/C19H25N3O3/c1-3-5-9-20-19-21-15(18(23)22(19)10-6-4-2)11-14-7-8-16-17(12-14)25-13-24-16/h7-8,11-12H,3-6,9-10,13H2,1-2H3,(H,20,21)/b15-11-. The summed E-state index contributed by atoms with van der Waals surface area (Å²) in [6.07, 6.45) is 5.93. The first-order chi connectivity index (χ1) is 12.2. The number of benzene rings is 1. The van der Waals surface area contributed by atoms with Gasteiger partial charge in [-0.1, -0.05) is 32.8 Å². The van der Waals surface area contributed by atoms with Crippen molar-refractivity contribution in [3.8, 4) is 11.5 Å². The highest BCUT2D eigenvalue weighted by molar-refractivity contribution is 6.15. The number of amides is 1. The van der Waals surface area contributed by atoms with Gasteiger partial charge in [-0.15, -0.1) is 0 Å².